The first-order chi connectivity index (χ1) is 9.02. The van der Waals surface area contributed by atoms with Crippen molar-refractivity contribution in [2.24, 2.45) is 5.73 Å². The van der Waals surface area contributed by atoms with E-state index in [0.29, 0.717) is 12.5 Å². The molecule has 1 unspecified atom stereocenters. The van der Waals surface area contributed by atoms with Gasteiger partial charge in [0.2, 0.25) is 11.8 Å². The van der Waals surface area contributed by atoms with Crippen molar-refractivity contribution in [3.8, 4) is 0 Å². The van der Waals surface area contributed by atoms with Crippen molar-refractivity contribution in [3.63, 3.8) is 0 Å². The van der Waals surface area contributed by atoms with Crippen LogP contribution in [0.5, 0.6) is 0 Å². The maximum atomic E-state index is 11.7. The van der Waals surface area contributed by atoms with Crippen LogP contribution in [0.15, 0.2) is 24.3 Å². The number of likely N-dealkylation sites (N-methyl/N-ethyl adjacent to an activating group) is 1. The summed E-state index contributed by atoms with van der Waals surface area (Å²) in [4.78, 5) is 26.3. The fourth-order valence-corrected chi connectivity index (χ4v) is 2.07. The molecular weight excluding hydrogens is 242 g/mol. The first kappa shape index (κ1) is 13.5. The Kier molecular flexibility index (Phi) is 3.85. The number of piperazine rings is 1. The van der Waals surface area contributed by atoms with Crippen LogP contribution in [0.2, 0.25) is 0 Å². The van der Waals surface area contributed by atoms with Crippen molar-refractivity contribution < 1.29 is 9.59 Å². The maximum absolute atomic E-state index is 11.7. The summed E-state index contributed by atoms with van der Waals surface area (Å²) in [5, 5.41) is 0. The van der Waals surface area contributed by atoms with E-state index in [9.17, 15) is 9.59 Å². The largest absolute Gasteiger partial charge is 0.353 e. The molecule has 0 saturated carbocycles. The van der Waals surface area contributed by atoms with Gasteiger partial charge >= 0.3 is 0 Å². The molecule has 19 heavy (non-hydrogen) atoms. The van der Waals surface area contributed by atoms with E-state index >= 15 is 0 Å². The third-order valence-electron chi connectivity index (χ3n) is 3.58. The van der Waals surface area contributed by atoms with E-state index in [1.165, 1.54) is 11.9 Å². The number of hydrogen-bond acceptors (Lipinski definition) is 4. The Labute approximate surface area is 113 Å². The lowest BCUT2D eigenvalue weighted by Gasteiger charge is -2.32. The molecule has 0 spiro atoms. The predicted octanol–water partition coefficient (Wildman–Crippen LogP) is 0.554. The average molecular weight is 261 g/mol. The third kappa shape index (κ3) is 2.76. The van der Waals surface area contributed by atoms with E-state index in [-0.39, 0.29) is 24.9 Å². The summed E-state index contributed by atoms with van der Waals surface area (Å²) >= 11 is 0. The summed E-state index contributed by atoms with van der Waals surface area (Å²) in [6.45, 7) is 3.16. The van der Waals surface area contributed by atoms with Gasteiger partial charge in [-0.05, 0) is 30.2 Å². The number of benzene rings is 1. The zero-order valence-electron chi connectivity index (χ0n) is 11.3. The number of hydrogen-bond donors (Lipinski definition) is 1. The molecule has 0 aromatic heterocycles. The molecule has 1 atom stereocenters. The van der Waals surface area contributed by atoms with Crippen molar-refractivity contribution in [2.45, 2.75) is 12.8 Å². The minimum atomic E-state index is -0.171. The first-order valence-corrected chi connectivity index (χ1v) is 6.37. The van der Waals surface area contributed by atoms with Gasteiger partial charge in [-0.2, -0.15) is 0 Å². The van der Waals surface area contributed by atoms with E-state index in [1.54, 1.807) is 4.90 Å². The van der Waals surface area contributed by atoms with Gasteiger partial charge in [0.15, 0.2) is 0 Å². The average Bonchev–Trinajstić information content (AvgIpc) is 2.43. The highest BCUT2D eigenvalue weighted by atomic mass is 16.2. The lowest BCUT2D eigenvalue weighted by atomic mass is 10.0. The normalized spacial score (nSPS) is 17.8. The van der Waals surface area contributed by atoms with Gasteiger partial charge in [-0.25, -0.2) is 0 Å². The van der Waals surface area contributed by atoms with E-state index in [1.807, 2.05) is 24.3 Å². The summed E-state index contributed by atoms with van der Waals surface area (Å²) in [7, 11) is 1.52. The molecule has 1 heterocycles. The topological polar surface area (TPSA) is 66.6 Å². The smallest absolute Gasteiger partial charge is 0.248 e. The number of nitrogens with zero attached hydrogens (tertiary/aromatic N) is 2. The minimum absolute atomic E-state index is 0.171. The van der Waals surface area contributed by atoms with Gasteiger partial charge in [-0.1, -0.05) is 19.1 Å². The third-order valence-corrected chi connectivity index (χ3v) is 3.58. The number of carbonyl (C=O) groups excluding carboxylic acids is 2. The lowest BCUT2D eigenvalue weighted by Crippen LogP contribution is -2.52. The molecule has 2 amide bonds. The van der Waals surface area contributed by atoms with Gasteiger partial charge in [-0.3, -0.25) is 14.5 Å². The number of anilines is 1. The van der Waals surface area contributed by atoms with Crippen LogP contribution in [-0.4, -0.2) is 43.4 Å². The highest BCUT2D eigenvalue weighted by Gasteiger charge is 2.28. The van der Waals surface area contributed by atoms with Crippen molar-refractivity contribution in [1.29, 1.82) is 0 Å². The van der Waals surface area contributed by atoms with Gasteiger partial charge in [0.1, 0.15) is 0 Å². The number of imide groups is 1. The Bertz CT molecular complexity index is 466. The van der Waals surface area contributed by atoms with E-state index < -0.39 is 0 Å². The van der Waals surface area contributed by atoms with E-state index in [2.05, 4.69) is 6.92 Å². The number of amides is 2. The van der Waals surface area contributed by atoms with Gasteiger partial charge in [0, 0.05) is 12.7 Å². The lowest BCUT2D eigenvalue weighted by molar-refractivity contribution is -0.143. The van der Waals surface area contributed by atoms with Crippen LogP contribution in [0.4, 0.5) is 5.69 Å². The molecule has 0 bridgehead atoms. The SMILES string of the molecule is CC(CN)c1ccc(N2CC(=O)N(C)C(=O)C2)cc1. The molecule has 2 rings (SSSR count). The molecule has 1 aliphatic rings. The van der Waals surface area contributed by atoms with Crippen LogP contribution in [0.3, 0.4) is 0 Å². The molecule has 1 aliphatic heterocycles. The van der Waals surface area contributed by atoms with Gasteiger partial charge < -0.3 is 10.6 Å². The van der Waals surface area contributed by atoms with Crippen LogP contribution in [-0.2, 0) is 9.59 Å². The van der Waals surface area contributed by atoms with Crippen LogP contribution in [0.25, 0.3) is 0 Å². The molecule has 1 aromatic carbocycles. The second kappa shape index (κ2) is 5.40. The highest BCUT2D eigenvalue weighted by molar-refractivity contribution is 6.02. The van der Waals surface area contributed by atoms with E-state index in [0.717, 1.165) is 11.3 Å². The van der Waals surface area contributed by atoms with E-state index in [4.69, 9.17) is 5.73 Å². The molecule has 1 fully saturated rings. The van der Waals surface area contributed by atoms with Crippen LogP contribution in [0.1, 0.15) is 18.4 Å². The highest BCUT2D eigenvalue weighted by Crippen LogP contribution is 2.21. The monoisotopic (exact) mass is 261 g/mol. The Hall–Kier alpha value is -1.88. The Balaban J connectivity index is 2.14. The van der Waals surface area contributed by atoms with Crippen molar-refractivity contribution >= 4 is 17.5 Å². The van der Waals surface area contributed by atoms with Crippen molar-refractivity contribution in [1.82, 2.24) is 4.90 Å². The molecule has 1 saturated heterocycles. The van der Waals surface area contributed by atoms with Crippen molar-refractivity contribution in [3.05, 3.63) is 29.8 Å². The van der Waals surface area contributed by atoms with Crippen molar-refractivity contribution in [2.75, 3.05) is 31.6 Å². The predicted molar refractivity (Wildman–Crippen MR) is 73.9 cm³/mol. The second-order valence-corrected chi connectivity index (χ2v) is 4.93. The molecule has 5 nitrogen and oxygen atoms in total. The standard InChI is InChI=1S/C14H19N3O2/c1-10(7-15)11-3-5-12(6-4-11)17-8-13(18)16(2)14(19)9-17/h3-6,10H,7-9,15H2,1-2H3. The molecule has 0 radical (unpaired) electrons. The quantitative estimate of drug-likeness (QED) is 0.807. The molecular formula is C14H19N3O2. The number of nitrogens with two attached hydrogens (primary N) is 1. The zero-order chi connectivity index (χ0) is 14.0. The number of carbonyl (C=O) groups is 2. The van der Waals surface area contributed by atoms with Gasteiger partial charge in [0.25, 0.3) is 0 Å². The molecule has 0 aliphatic carbocycles. The molecule has 5 heteroatoms. The summed E-state index contributed by atoms with van der Waals surface area (Å²) < 4.78 is 0. The number of rotatable bonds is 3. The fourth-order valence-electron chi connectivity index (χ4n) is 2.07. The molecule has 102 valence electrons. The Morgan fingerprint density at radius 2 is 1.68 bits per heavy atom. The first-order valence-electron chi connectivity index (χ1n) is 6.37. The van der Waals surface area contributed by atoms with Gasteiger partial charge in [-0.15, -0.1) is 0 Å². The molecule has 2 N–H and O–H groups in total. The second-order valence-electron chi connectivity index (χ2n) is 4.93. The van der Waals surface area contributed by atoms with Crippen LogP contribution >= 0.6 is 0 Å². The summed E-state index contributed by atoms with van der Waals surface area (Å²) in [6.07, 6.45) is 0. The minimum Gasteiger partial charge on any atom is -0.353 e. The Morgan fingerprint density at radius 1 is 1.16 bits per heavy atom. The van der Waals surface area contributed by atoms with Gasteiger partial charge in [0.05, 0.1) is 13.1 Å². The summed E-state index contributed by atoms with van der Waals surface area (Å²) in [6, 6.07) is 7.88. The summed E-state index contributed by atoms with van der Waals surface area (Å²) in [5.74, 6) is -0.0314. The summed E-state index contributed by atoms with van der Waals surface area (Å²) in [5.41, 5.74) is 7.69. The fraction of sp³-hybridized carbons (Fsp3) is 0.429. The van der Waals surface area contributed by atoms with Crippen LogP contribution in [0, 0.1) is 0 Å². The Morgan fingerprint density at radius 3 is 2.16 bits per heavy atom. The maximum Gasteiger partial charge on any atom is 0.248 e. The zero-order valence-corrected chi connectivity index (χ0v) is 11.3. The van der Waals surface area contributed by atoms with Crippen LogP contribution < -0.4 is 10.6 Å². The molecule has 1 aromatic rings.